The Hall–Kier alpha value is -0.330. The first kappa shape index (κ1) is 6.67. The van der Waals surface area contributed by atoms with Gasteiger partial charge in [0.15, 0.2) is 0 Å². The predicted octanol–water partition coefficient (Wildman–Crippen LogP) is 2.31. The van der Waals surface area contributed by atoms with Crippen LogP contribution in [0, 0.1) is 0 Å². The summed E-state index contributed by atoms with van der Waals surface area (Å²) >= 11 is 0. The molecular formula is C6H11F. The highest BCUT2D eigenvalue weighted by molar-refractivity contribution is 4.79. The van der Waals surface area contributed by atoms with E-state index in [0.29, 0.717) is 0 Å². The molecular weight excluding hydrogens is 91.1 g/mol. The number of allylic oxidation sites excluding steroid dienone is 2. The third-order valence-corrected chi connectivity index (χ3v) is 0.711. The minimum atomic E-state index is -0.319. The number of unbranched alkanes of at least 4 members (excludes halogenated alkanes) is 1. The Balaban J connectivity index is 2.78. The number of halogens is 1. The van der Waals surface area contributed by atoms with Crippen LogP contribution in [0.4, 0.5) is 4.39 Å². The molecule has 7 heavy (non-hydrogen) atoms. The van der Waals surface area contributed by atoms with Gasteiger partial charge in [0.25, 0.3) is 0 Å². The second kappa shape index (κ2) is 5.67. The standard InChI is InChI=1S/C6H11F/c1-2-3-4-5-6-7/h4-5H,2-3,6H2,1H3. The first-order valence-electron chi connectivity index (χ1n) is 2.62. The van der Waals surface area contributed by atoms with Crippen LogP contribution in [0.5, 0.6) is 0 Å². The van der Waals surface area contributed by atoms with Crippen molar-refractivity contribution >= 4 is 0 Å². The summed E-state index contributed by atoms with van der Waals surface area (Å²) in [4.78, 5) is 0. The number of hydrogen-bond acceptors (Lipinski definition) is 0. The fourth-order valence-corrected chi connectivity index (χ4v) is 0.348. The topological polar surface area (TPSA) is 0 Å². The first-order chi connectivity index (χ1) is 3.41. The molecule has 0 fully saturated rings. The molecule has 0 N–H and O–H groups in total. The molecule has 0 aliphatic heterocycles. The van der Waals surface area contributed by atoms with E-state index in [1.807, 2.05) is 6.08 Å². The predicted molar refractivity (Wildman–Crippen MR) is 30.0 cm³/mol. The molecule has 42 valence electrons. The van der Waals surface area contributed by atoms with E-state index in [2.05, 4.69) is 6.92 Å². The molecule has 0 aromatic heterocycles. The maximum absolute atomic E-state index is 11.2. The van der Waals surface area contributed by atoms with E-state index in [-0.39, 0.29) is 6.67 Å². The van der Waals surface area contributed by atoms with Crippen LogP contribution in [0.2, 0.25) is 0 Å². The van der Waals surface area contributed by atoms with E-state index < -0.39 is 0 Å². The maximum Gasteiger partial charge on any atom is 0.108 e. The molecule has 0 unspecified atom stereocenters. The van der Waals surface area contributed by atoms with Gasteiger partial charge in [-0.1, -0.05) is 25.5 Å². The molecule has 0 bridgehead atoms. The van der Waals surface area contributed by atoms with Crippen LogP contribution >= 0.6 is 0 Å². The Morgan fingerprint density at radius 1 is 1.43 bits per heavy atom. The van der Waals surface area contributed by atoms with Crippen molar-refractivity contribution in [1.82, 2.24) is 0 Å². The van der Waals surface area contributed by atoms with Gasteiger partial charge in [-0.15, -0.1) is 0 Å². The first-order valence-corrected chi connectivity index (χ1v) is 2.62. The molecule has 1 heteroatoms. The average molecular weight is 102 g/mol. The molecule has 0 nitrogen and oxygen atoms in total. The van der Waals surface area contributed by atoms with Crippen LogP contribution in [0.3, 0.4) is 0 Å². The van der Waals surface area contributed by atoms with Gasteiger partial charge >= 0.3 is 0 Å². The summed E-state index contributed by atoms with van der Waals surface area (Å²) in [7, 11) is 0. The molecule has 0 rings (SSSR count). The minimum Gasteiger partial charge on any atom is -0.247 e. The second-order valence-electron chi connectivity index (χ2n) is 1.41. The quantitative estimate of drug-likeness (QED) is 0.480. The van der Waals surface area contributed by atoms with Crippen molar-refractivity contribution in [2.75, 3.05) is 6.67 Å². The van der Waals surface area contributed by atoms with Crippen LogP contribution in [0.1, 0.15) is 19.8 Å². The van der Waals surface area contributed by atoms with Gasteiger partial charge in [-0.2, -0.15) is 0 Å². The molecule has 0 atom stereocenters. The van der Waals surface area contributed by atoms with Crippen molar-refractivity contribution in [2.45, 2.75) is 19.8 Å². The van der Waals surface area contributed by atoms with Crippen molar-refractivity contribution in [3.8, 4) is 0 Å². The zero-order valence-electron chi connectivity index (χ0n) is 4.65. The third-order valence-electron chi connectivity index (χ3n) is 0.711. The van der Waals surface area contributed by atoms with Gasteiger partial charge in [-0.25, -0.2) is 4.39 Å². The van der Waals surface area contributed by atoms with E-state index in [1.165, 1.54) is 0 Å². The average Bonchev–Trinajstić information content (AvgIpc) is 1.69. The van der Waals surface area contributed by atoms with Gasteiger partial charge in [0.2, 0.25) is 0 Å². The van der Waals surface area contributed by atoms with Crippen molar-refractivity contribution < 1.29 is 4.39 Å². The summed E-state index contributed by atoms with van der Waals surface area (Å²) in [6.07, 6.45) is 5.52. The lowest BCUT2D eigenvalue weighted by Gasteiger charge is -1.78. The molecule has 0 amide bonds. The third kappa shape index (κ3) is 5.67. The van der Waals surface area contributed by atoms with Gasteiger partial charge in [0.1, 0.15) is 6.67 Å². The molecule has 0 aromatic carbocycles. The van der Waals surface area contributed by atoms with Crippen molar-refractivity contribution in [1.29, 1.82) is 0 Å². The summed E-state index contributed by atoms with van der Waals surface area (Å²) in [5.41, 5.74) is 0. The van der Waals surface area contributed by atoms with E-state index in [9.17, 15) is 4.39 Å². The molecule has 0 aromatic rings. The Morgan fingerprint density at radius 3 is 2.57 bits per heavy atom. The SMILES string of the molecule is CCCC=CCF. The molecule has 0 aliphatic carbocycles. The summed E-state index contributed by atoms with van der Waals surface area (Å²) in [5.74, 6) is 0. The van der Waals surface area contributed by atoms with Gasteiger partial charge in [0.05, 0.1) is 0 Å². The van der Waals surface area contributed by atoms with E-state index in [1.54, 1.807) is 6.08 Å². The van der Waals surface area contributed by atoms with Crippen LogP contribution < -0.4 is 0 Å². The summed E-state index contributed by atoms with van der Waals surface area (Å²) in [5, 5.41) is 0. The molecule has 0 spiro atoms. The second-order valence-corrected chi connectivity index (χ2v) is 1.41. The number of rotatable bonds is 3. The lowest BCUT2D eigenvalue weighted by atomic mass is 10.3. The summed E-state index contributed by atoms with van der Waals surface area (Å²) in [6, 6.07) is 0. The number of hydrogen-bond donors (Lipinski definition) is 0. The molecule has 0 radical (unpaired) electrons. The van der Waals surface area contributed by atoms with Crippen LogP contribution in [0.15, 0.2) is 12.2 Å². The zero-order valence-corrected chi connectivity index (χ0v) is 4.65. The minimum absolute atomic E-state index is 0.319. The van der Waals surface area contributed by atoms with Gasteiger partial charge in [-0.05, 0) is 6.42 Å². The normalized spacial score (nSPS) is 10.6. The Bertz CT molecular complexity index is 48.1. The van der Waals surface area contributed by atoms with E-state index in [0.717, 1.165) is 12.8 Å². The van der Waals surface area contributed by atoms with E-state index >= 15 is 0 Å². The molecule has 0 saturated heterocycles. The Morgan fingerprint density at radius 2 is 2.14 bits per heavy atom. The Kier molecular flexibility index (Phi) is 5.40. The van der Waals surface area contributed by atoms with Crippen LogP contribution in [-0.4, -0.2) is 6.67 Å². The summed E-state index contributed by atoms with van der Waals surface area (Å²) < 4.78 is 11.2. The monoisotopic (exact) mass is 102 g/mol. The smallest absolute Gasteiger partial charge is 0.108 e. The molecule has 0 heterocycles. The lowest BCUT2D eigenvalue weighted by molar-refractivity contribution is 0.560. The highest BCUT2D eigenvalue weighted by atomic mass is 19.1. The molecule has 0 aliphatic rings. The van der Waals surface area contributed by atoms with E-state index in [4.69, 9.17) is 0 Å². The van der Waals surface area contributed by atoms with Gasteiger partial charge < -0.3 is 0 Å². The fourth-order valence-electron chi connectivity index (χ4n) is 0.348. The van der Waals surface area contributed by atoms with Crippen LogP contribution in [-0.2, 0) is 0 Å². The van der Waals surface area contributed by atoms with Gasteiger partial charge in [-0.3, -0.25) is 0 Å². The maximum atomic E-state index is 11.2. The highest BCUT2D eigenvalue weighted by Crippen LogP contribution is 1.87. The van der Waals surface area contributed by atoms with Crippen molar-refractivity contribution in [3.05, 3.63) is 12.2 Å². The Labute approximate surface area is 44.0 Å². The summed E-state index contributed by atoms with van der Waals surface area (Å²) in [6.45, 7) is 1.75. The van der Waals surface area contributed by atoms with Crippen molar-refractivity contribution in [2.24, 2.45) is 0 Å². The highest BCUT2D eigenvalue weighted by Gasteiger charge is 1.69. The molecule has 0 saturated carbocycles. The largest absolute Gasteiger partial charge is 0.247 e. The van der Waals surface area contributed by atoms with Crippen LogP contribution in [0.25, 0.3) is 0 Å². The lowest BCUT2D eigenvalue weighted by Crippen LogP contribution is -1.62. The van der Waals surface area contributed by atoms with Crippen molar-refractivity contribution in [3.63, 3.8) is 0 Å². The zero-order chi connectivity index (χ0) is 5.54. The van der Waals surface area contributed by atoms with Gasteiger partial charge in [0, 0.05) is 0 Å². The number of alkyl halides is 1. The fraction of sp³-hybridized carbons (Fsp3) is 0.667.